The zero-order valence-electron chi connectivity index (χ0n) is 12.6. The van der Waals surface area contributed by atoms with Crippen molar-refractivity contribution in [1.82, 2.24) is 0 Å². The molecule has 0 saturated carbocycles. The standard InChI is InChI=1S/C16H19BrN3S/c1-19(2)10-5-6-11-14(9-10)21-16-12(18-11)7-8-13(15(16)17)20(3)4/h5-9,12,18H,1-4H3/q+1. The lowest BCUT2D eigenvalue weighted by atomic mass is 10.1. The van der Waals surface area contributed by atoms with E-state index in [4.69, 9.17) is 0 Å². The molecule has 0 aromatic heterocycles. The van der Waals surface area contributed by atoms with Crippen molar-refractivity contribution in [2.24, 2.45) is 0 Å². The third-order valence-electron chi connectivity index (χ3n) is 3.66. The Morgan fingerprint density at radius 2 is 2.05 bits per heavy atom. The molecule has 0 fully saturated rings. The Balaban J connectivity index is 2.05. The van der Waals surface area contributed by atoms with Crippen LogP contribution in [0.4, 0.5) is 11.4 Å². The number of anilines is 2. The number of hydrogen-bond donors (Lipinski definition) is 1. The lowest BCUT2D eigenvalue weighted by Crippen LogP contribution is -2.28. The largest absolute Gasteiger partial charge is 0.378 e. The SMILES string of the molecule is CN(C)c1ccc2c(c1)SC1=C(Br)C(=[N+](C)C)C=CC1N2. The second-order valence-electron chi connectivity index (χ2n) is 5.62. The predicted molar refractivity (Wildman–Crippen MR) is 96.2 cm³/mol. The van der Waals surface area contributed by atoms with Gasteiger partial charge in [0.2, 0.25) is 5.71 Å². The van der Waals surface area contributed by atoms with E-state index in [9.17, 15) is 0 Å². The maximum atomic E-state index is 3.77. The van der Waals surface area contributed by atoms with E-state index < -0.39 is 0 Å². The first-order valence-electron chi connectivity index (χ1n) is 6.85. The molecule has 1 heterocycles. The second kappa shape index (κ2) is 5.54. The first-order chi connectivity index (χ1) is 9.97. The van der Waals surface area contributed by atoms with Crippen LogP contribution in [0.3, 0.4) is 0 Å². The van der Waals surface area contributed by atoms with Crippen LogP contribution in [0.1, 0.15) is 0 Å². The molecule has 0 amide bonds. The minimum Gasteiger partial charge on any atom is -0.378 e. The third-order valence-corrected chi connectivity index (χ3v) is 6.00. The molecule has 0 spiro atoms. The minimum atomic E-state index is 0.255. The van der Waals surface area contributed by atoms with Crippen LogP contribution in [0.15, 0.2) is 44.6 Å². The van der Waals surface area contributed by atoms with Crippen LogP contribution in [0.5, 0.6) is 0 Å². The monoisotopic (exact) mass is 364 g/mol. The van der Waals surface area contributed by atoms with Gasteiger partial charge in [-0.15, -0.1) is 0 Å². The Labute approximate surface area is 138 Å². The molecule has 1 aromatic carbocycles. The van der Waals surface area contributed by atoms with Crippen molar-refractivity contribution < 1.29 is 4.58 Å². The number of nitrogens with zero attached hydrogens (tertiary/aromatic N) is 2. The molecular formula is C16H19BrN3S+. The fourth-order valence-corrected chi connectivity index (χ4v) is 4.55. The van der Waals surface area contributed by atoms with E-state index in [1.165, 1.54) is 31.4 Å². The van der Waals surface area contributed by atoms with Gasteiger partial charge in [0, 0.05) is 41.3 Å². The van der Waals surface area contributed by atoms with E-state index in [0.717, 1.165) is 0 Å². The van der Waals surface area contributed by atoms with Crippen LogP contribution in [-0.2, 0) is 0 Å². The van der Waals surface area contributed by atoms with Crippen LogP contribution >= 0.6 is 27.7 Å². The Hall–Kier alpha value is -1.20. The molecule has 5 heteroatoms. The zero-order valence-corrected chi connectivity index (χ0v) is 15.0. The first-order valence-corrected chi connectivity index (χ1v) is 8.46. The maximum Gasteiger partial charge on any atom is 0.214 e. The highest BCUT2D eigenvalue weighted by molar-refractivity contribution is 9.12. The predicted octanol–water partition coefficient (Wildman–Crippen LogP) is 3.53. The van der Waals surface area contributed by atoms with Gasteiger partial charge in [-0.2, -0.15) is 0 Å². The number of hydrogen-bond acceptors (Lipinski definition) is 3. The summed E-state index contributed by atoms with van der Waals surface area (Å²) in [4.78, 5) is 4.73. The number of nitrogens with one attached hydrogen (secondary N) is 1. The van der Waals surface area contributed by atoms with Crippen molar-refractivity contribution >= 4 is 44.8 Å². The molecule has 0 bridgehead atoms. The number of fused-ring (bicyclic) bond motifs is 2. The quantitative estimate of drug-likeness (QED) is 0.768. The van der Waals surface area contributed by atoms with Crippen molar-refractivity contribution in [3.63, 3.8) is 0 Å². The molecule has 1 atom stereocenters. The molecule has 2 aliphatic rings. The lowest BCUT2D eigenvalue weighted by Gasteiger charge is -2.30. The molecule has 21 heavy (non-hydrogen) atoms. The summed E-state index contributed by atoms with van der Waals surface area (Å²) in [5.74, 6) is 0. The highest BCUT2D eigenvalue weighted by Gasteiger charge is 2.30. The molecule has 110 valence electrons. The fraction of sp³-hybridized carbons (Fsp3) is 0.312. The summed E-state index contributed by atoms with van der Waals surface area (Å²) in [7, 11) is 8.28. The lowest BCUT2D eigenvalue weighted by molar-refractivity contribution is -0.462. The normalized spacial score (nSPS) is 19.9. The van der Waals surface area contributed by atoms with E-state index in [0.29, 0.717) is 0 Å². The topological polar surface area (TPSA) is 18.3 Å². The van der Waals surface area contributed by atoms with Gasteiger partial charge in [-0.1, -0.05) is 17.8 Å². The van der Waals surface area contributed by atoms with Crippen LogP contribution < -0.4 is 10.2 Å². The summed E-state index contributed by atoms with van der Waals surface area (Å²) in [6.45, 7) is 0. The number of rotatable bonds is 1. The van der Waals surface area contributed by atoms with Crippen molar-refractivity contribution in [2.75, 3.05) is 38.4 Å². The zero-order chi connectivity index (χ0) is 15.1. The summed E-state index contributed by atoms with van der Waals surface area (Å²) in [5.41, 5.74) is 3.64. The van der Waals surface area contributed by atoms with Gasteiger partial charge in [-0.05, 0) is 34.1 Å². The van der Waals surface area contributed by atoms with Gasteiger partial charge >= 0.3 is 0 Å². The maximum absolute atomic E-state index is 3.77. The van der Waals surface area contributed by atoms with Crippen LogP contribution in [0.25, 0.3) is 0 Å². The van der Waals surface area contributed by atoms with Gasteiger partial charge in [0.05, 0.1) is 6.04 Å². The van der Waals surface area contributed by atoms with Crippen molar-refractivity contribution in [2.45, 2.75) is 10.9 Å². The summed E-state index contributed by atoms with van der Waals surface area (Å²) < 4.78 is 3.31. The molecular weight excluding hydrogens is 346 g/mol. The minimum absolute atomic E-state index is 0.255. The molecule has 1 aromatic rings. The van der Waals surface area contributed by atoms with E-state index in [-0.39, 0.29) is 6.04 Å². The van der Waals surface area contributed by atoms with Gasteiger partial charge in [0.25, 0.3) is 0 Å². The van der Waals surface area contributed by atoms with E-state index in [1.54, 1.807) is 0 Å². The van der Waals surface area contributed by atoms with Crippen molar-refractivity contribution in [3.05, 3.63) is 39.7 Å². The highest BCUT2D eigenvalue weighted by Crippen LogP contribution is 2.46. The summed E-state index contributed by atoms with van der Waals surface area (Å²) >= 11 is 5.62. The molecule has 1 aliphatic heterocycles. The Kier molecular flexibility index (Phi) is 3.88. The number of halogens is 1. The molecule has 0 saturated heterocycles. The van der Waals surface area contributed by atoms with Gasteiger partial charge in [0.15, 0.2) is 0 Å². The smallest absolute Gasteiger partial charge is 0.214 e. The molecule has 0 radical (unpaired) electrons. The number of benzene rings is 1. The van der Waals surface area contributed by atoms with Gasteiger partial charge in [-0.3, -0.25) is 0 Å². The summed E-state index contributed by atoms with van der Waals surface area (Å²) in [6.07, 6.45) is 4.40. The van der Waals surface area contributed by atoms with E-state index >= 15 is 0 Å². The third kappa shape index (κ3) is 2.64. The highest BCUT2D eigenvalue weighted by atomic mass is 79.9. The average Bonchev–Trinajstić information content (AvgIpc) is 2.45. The van der Waals surface area contributed by atoms with Crippen LogP contribution in [0.2, 0.25) is 0 Å². The molecule has 3 rings (SSSR count). The molecule has 1 aliphatic carbocycles. The average molecular weight is 365 g/mol. The van der Waals surface area contributed by atoms with Crippen LogP contribution in [0, 0.1) is 0 Å². The summed E-state index contributed by atoms with van der Waals surface area (Å²) in [5, 5.41) is 3.61. The Bertz CT molecular complexity index is 685. The second-order valence-corrected chi connectivity index (χ2v) is 7.49. The van der Waals surface area contributed by atoms with Gasteiger partial charge in [-0.25, -0.2) is 4.58 Å². The van der Waals surface area contributed by atoms with Crippen molar-refractivity contribution in [1.29, 1.82) is 0 Å². The summed E-state index contributed by atoms with van der Waals surface area (Å²) in [6, 6.07) is 6.82. The molecule has 3 nitrogen and oxygen atoms in total. The van der Waals surface area contributed by atoms with E-state index in [2.05, 4.69) is 89.3 Å². The Morgan fingerprint density at radius 3 is 2.71 bits per heavy atom. The first kappa shape index (κ1) is 14.7. The molecule has 1 N–H and O–H groups in total. The number of allylic oxidation sites excluding steroid dienone is 2. The van der Waals surface area contributed by atoms with Crippen molar-refractivity contribution in [3.8, 4) is 0 Å². The van der Waals surface area contributed by atoms with Gasteiger partial charge in [0.1, 0.15) is 18.6 Å². The van der Waals surface area contributed by atoms with Gasteiger partial charge < -0.3 is 10.2 Å². The Morgan fingerprint density at radius 1 is 1.29 bits per heavy atom. The number of thioether (sulfide) groups is 1. The van der Waals surface area contributed by atoms with E-state index in [1.807, 2.05) is 11.8 Å². The fourth-order valence-electron chi connectivity index (χ4n) is 2.46. The molecule has 1 unspecified atom stereocenters. The van der Waals surface area contributed by atoms with Crippen LogP contribution in [-0.4, -0.2) is 44.5 Å².